The SMILES string of the molecule is Clc1c(Br)ccc(NC2CCOC3(CCOCC3)C2)c1Cl. The number of ether oxygens (including phenoxy) is 2. The number of nitrogens with one attached hydrogen (secondary N) is 1. The van der Waals surface area contributed by atoms with Crippen molar-refractivity contribution in [1.82, 2.24) is 0 Å². The first kappa shape index (κ1) is 15.9. The lowest BCUT2D eigenvalue weighted by Gasteiger charge is -2.43. The Balaban J connectivity index is 1.71. The first-order valence-corrected chi connectivity index (χ1v) is 8.76. The van der Waals surface area contributed by atoms with Crippen molar-refractivity contribution < 1.29 is 9.47 Å². The molecule has 0 bridgehead atoms. The van der Waals surface area contributed by atoms with Crippen molar-refractivity contribution in [1.29, 1.82) is 0 Å². The molecule has 2 fully saturated rings. The molecule has 116 valence electrons. The van der Waals surface area contributed by atoms with Crippen molar-refractivity contribution in [2.45, 2.75) is 37.3 Å². The Bertz CT molecular complexity index is 515. The molecule has 6 heteroatoms. The van der Waals surface area contributed by atoms with Gasteiger partial charge in [-0.25, -0.2) is 0 Å². The molecule has 1 atom stereocenters. The van der Waals surface area contributed by atoms with E-state index in [9.17, 15) is 0 Å². The maximum absolute atomic E-state index is 6.32. The molecule has 2 saturated heterocycles. The Hall–Kier alpha value is -0.0000000000000000555. The van der Waals surface area contributed by atoms with Crippen LogP contribution in [0.4, 0.5) is 5.69 Å². The van der Waals surface area contributed by atoms with Crippen LogP contribution >= 0.6 is 39.1 Å². The predicted molar refractivity (Wildman–Crippen MR) is 89.5 cm³/mol. The monoisotopic (exact) mass is 393 g/mol. The minimum absolute atomic E-state index is 0.0280. The quantitative estimate of drug-likeness (QED) is 0.724. The molecular formula is C15H18BrCl2NO2. The van der Waals surface area contributed by atoms with Crippen LogP contribution in [-0.2, 0) is 9.47 Å². The van der Waals surface area contributed by atoms with Gasteiger partial charge in [0.15, 0.2) is 0 Å². The fourth-order valence-electron chi connectivity index (χ4n) is 3.10. The summed E-state index contributed by atoms with van der Waals surface area (Å²) in [7, 11) is 0. The summed E-state index contributed by atoms with van der Waals surface area (Å²) in [6, 6.07) is 4.23. The third-order valence-corrected chi connectivity index (χ3v) is 6.06. The number of hydrogen-bond acceptors (Lipinski definition) is 3. The highest BCUT2D eigenvalue weighted by Crippen LogP contribution is 2.39. The van der Waals surface area contributed by atoms with Crippen LogP contribution in [-0.4, -0.2) is 31.5 Å². The molecule has 1 aromatic rings. The van der Waals surface area contributed by atoms with Gasteiger partial charge in [-0.1, -0.05) is 23.2 Å². The molecule has 0 radical (unpaired) electrons. The van der Waals surface area contributed by atoms with Crippen LogP contribution in [0.3, 0.4) is 0 Å². The molecule has 0 aliphatic carbocycles. The lowest BCUT2D eigenvalue weighted by atomic mass is 9.84. The highest BCUT2D eigenvalue weighted by atomic mass is 79.9. The second-order valence-electron chi connectivity index (χ2n) is 5.70. The minimum Gasteiger partial charge on any atom is -0.381 e. The van der Waals surface area contributed by atoms with Crippen LogP contribution in [0.15, 0.2) is 16.6 Å². The van der Waals surface area contributed by atoms with Crippen molar-refractivity contribution >= 4 is 44.8 Å². The summed E-state index contributed by atoms with van der Waals surface area (Å²) in [6.07, 6.45) is 3.91. The van der Waals surface area contributed by atoms with Crippen LogP contribution < -0.4 is 5.32 Å². The van der Waals surface area contributed by atoms with E-state index in [1.807, 2.05) is 12.1 Å². The van der Waals surface area contributed by atoms with Gasteiger partial charge in [0, 0.05) is 30.3 Å². The summed E-state index contributed by atoms with van der Waals surface area (Å²) < 4.78 is 12.3. The molecule has 3 nitrogen and oxygen atoms in total. The number of halogens is 3. The molecule has 0 aromatic heterocycles. The normalized spacial score (nSPS) is 25.0. The van der Waals surface area contributed by atoms with E-state index in [1.165, 1.54) is 0 Å². The van der Waals surface area contributed by atoms with Gasteiger partial charge in [-0.2, -0.15) is 0 Å². The Morgan fingerprint density at radius 3 is 2.67 bits per heavy atom. The Morgan fingerprint density at radius 2 is 1.90 bits per heavy atom. The van der Waals surface area contributed by atoms with Gasteiger partial charge in [-0.15, -0.1) is 0 Å². The van der Waals surface area contributed by atoms with Gasteiger partial charge >= 0.3 is 0 Å². The zero-order chi connectivity index (χ0) is 14.9. The standard InChI is InChI=1S/C15H18BrCl2NO2/c16-11-1-2-12(14(18)13(11)17)19-10-3-6-21-15(9-10)4-7-20-8-5-15/h1-2,10,19H,3-9H2. The first-order chi connectivity index (χ1) is 10.1. The van der Waals surface area contributed by atoms with Gasteiger partial charge in [0.2, 0.25) is 0 Å². The van der Waals surface area contributed by atoms with E-state index in [1.54, 1.807) is 0 Å². The van der Waals surface area contributed by atoms with Gasteiger partial charge in [0.25, 0.3) is 0 Å². The maximum atomic E-state index is 6.32. The average molecular weight is 395 g/mol. The summed E-state index contributed by atoms with van der Waals surface area (Å²) >= 11 is 15.9. The minimum atomic E-state index is -0.0280. The largest absolute Gasteiger partial charge is 0.381 e. The van der Waals surface area contributed by atoms with E-state index in [-0.39, 0.29) is 5.60 Å². The first-order valence-electron chi connectivity index (χ1n) is 7.21. The molecule has 0 amide bonds. The summed E-state index contributed by atoms with van der Waals surface area (Å²) in [6.45, 7) is 2.36. The second-order valence-corrected chi connectivity index (χ2v) is 7.31. The molecule has 2 aliphatic rings. The topological polar surface area (TPSA) is 30.5 Å². The number of hydrogen-bond donors (Lipinski definition) is 1. The zero-order valence-corrected chi connectivity index (χ0v) is 14.7. The number of benzene rings is 1. The number of anilines is 1. The van der Waals surface area contributed by atoms with Crippen molar-refractivity contribution in [3.8, 4) is 0 Å². The highest BCUT2D eigenvalue weighted by molar-refractivity contribution is 9.10. The fraction of sp³-hybridized carbons (Fsp3) is 0.600. The molecule has 1 N–H and O–H groups in total. The second kappa shape index (κ2) is 6.63. The van der Waals surface area contributed by atoms with Crippen LogP contribution in [0.5, 0.6) is 0 Å². The smallest absolute Gasteiger partial charge is 0.0835 e. The Kier molecular flexibility index (Phi) is 5.01. The molecule has 0 saturated carbocycles. The molecule has 1 aromatic carbocycles. The average Bonchev–Trinajstić information content (AvgIpc) is 2.49. The lowest BCUT2D eigenvalue weighted by Crippen LogP contribution is -2.47. The van der Waals surface area contributed by atoms with Crippen LogP contribution in [0, 0.1) is 0 Å². The highest BCUT2D eigenvalue weighted by Gasteiger charge is 2.39. The summed E-state index contributed by atoms with van der Waals surface area (Å²) in [5, 5.41) is 4.65. The molecule has 21 heavy (non-hydrogen) atoms. The van der Waals surface area contributed by atoms with Gasteiger partial charge < -0.3 is 14.8 Å². The molecular weight excluding hydrogens is 377 g/mol. The van der Waals surface area contributed by atoms with Crippen LogP contribution in [0.2, 0.25) is 10.0 Å². The van der Waals surface area contributed by atoms with E-state index in [2.05, 4.69) is 21.2 Å². The maximum Gasteiger partial charge on any atom is 0.0835 e. The zero-order valence-electron chi connectivity index (χ0n) is 11.6. The van der Waals surface area contributed by atoms with Crippen LogP contribution in [0.25, 0.3) is 0 Å². The van der Waals surface area contributed by atoms with Gasteiger partial charge in [0.05, 0.1) is 21.3 Å². The van der Waals surface area contributed by atoms with Gasteiger partial charge in [-0.3, -0.25) is 0 Å². The Morgan fingerprint density at radius 1 is 1.14 bits per heavy atom. The summed E-state index contributed by atoms with van der Waals surface area (Å²) in [5.41, 5.74) is 0.860. The van der Waals surface area contributed by atoms with Crippen LogP contribution in [0.1, 0.15) is 25.7 Å². The molecule has 1 unspecified atom stereocenters. The van der Waals surface area contributed by atoms with E-state index < -0.39 is 0 Å². The van der Waals surface area contributed by atoms with Gasteiger partial charge in [-0.05, 0) is 53.7 Å². The summed E-state index contributed by atoms with van der Waals surface area (Å²) in [5.74, 6) is 0. The number of rotatable bonds is 2. The molecule has 2 heterocycles. The van der Waals surface area contributed by atoms with E-state index in [0.29, 0.717) is 16.1 Å². The van der Waals surface area contributed by atoms with Crippen molar-refractivity contribution in [2.75, 3.05) is 25.1 Å². The fourth-order valence-corrected chi connectivity index (χ4v) is 3.93. The third kappa shape index (κ3) is 3.50. The summed E-state index contributed by atoms with van der Waals surface area (Å²) in [4.78, 5) is 0. The molecule has 3 rings (SSSR count). The molecule has 1 spiro atoms. The van der Waals surface area contributed by atoms with Crippen molar-refractivity contribution in [2.24, 2.45) is 0 Å². The van der Waals surface area contributed by atoms with E-state index >= 15 is 0 Å². The lowest BCUT2D eigenvalue weighted by molar-refractivity contribution is -0.135. The predicted octanol–water partition coefficient (Wildman–Crippen LogP) is 4.90. The van der Waals surface area contributed by atoms with E-state index in [0.717, 1.165) is 55.7 Å². The van der Waals surface area contributed by atoms with Crippen molar-refractivity contribution in [3.05, 3.63) is 26.7 Å². The molecule has 2 aliphatic heterocycles. The van der Waals surface area contributed by atoms with Gasteiger partial charge in [0.1, 0.15) is 0 Å². The van der Waals surface area contributed by atoms with E-state index in [4.69, 9.17) is 32.7 Å². The third-order valence-electron chi connectivity index (χ3n) is 4.29. The Labute approximate surface area is 143 Å². The van der Waals surface area contributed by atoms with Crippen molar-refractivity contribution in [3.63, 3.8) is 0 Å².